The molecule has 2 rings (SSSR count). The van der Waals surface area contributed by atoms with Crippen molar-refractivity contribution in [1.82, 2.24) is 0 Å². The summed E-state index contributed by atoms with van der Waals surface area (Å²) < 4.78 is 10.4. The Balaban J connectivity index is 2.37. The van der Waals surface area contributed by atoms with Crippen LogP contribution in [0.15, 0.2) is 35.3 Å². The molecule has 5 nitrogen and oxygen atoms in total. The summed E-state index contributed by atoms with van der Waals surface area (Å²) in [4.78, 5) is 28.9. The lowest BCUT2D eigenvalue weighted by molar-refractivity contribution is -0.166. The molecule has 1 heterocycles. The van der Waals surface area contributed by atoms with E-state index in [1.54, 1.807) is 27.7 Å². The Bertz CT molecular complexity index is 586. The fraction of sp³-hybridized carbons (Fsp3) is 0.438. The second-order valence-corrected chi connectivity index (χ2v) is 6.04. The van der Waals surface area contributed by atoms with Crippen LogP contribution in [0.25, 0.3) is 0 Å². The first-order valence-electron chi connectivity index (χ1n) is 6.79. The van der Waals surface area contributed by atoms with Crippen molar-refractivity contribution in [2.45, 2.75) is 45.3 Å². The van der Waals surface area contributed by atoms with Crippen molar-refractivity contribution in [3.8, 4) is 0 Å². The van der Waals surface area contributed by atoms with Crippen LogP contribution < -0.4 is 0 Å². The number of carbonyl (C=O) groups excluding carboxylic acids is 2. The number of nitrogens with zero attached hydrogens (tertiary/aromatic N) is 1. The van der Waals surface area contributed by atoms with Crippen LogP contribution in [0.3, 0.4) is 0 Å². The molecule has 112 valence electrons. The summed E-state index contributed by atoms with van der Waals surface area (Å²) in [5.74, 6) is -1.18. The van der Waals surface area contributed by atoms with E-state index in [9.17, 15) is 9.59 Å². The van der Waals surface area contributed by atoms with Crippen LogP contribution in [0.5, 0.6) is 0 Å². The van der Waals surface area contributed by atoms with Gasteiger partial charge in [-0.05, 0) is 26.3 Å². The van der Waals surface area contributed by atoms with Gasteiger partial charge in [0.25, 0.3) is 5.54 Å². The van der Waals surface area contributed by atoms with Crippen LogP contribution in [-0.4, -0.2) is 29.0 Å². The highest BCUT2D eigenvalue weighted by molar-refractivity contribution is 6.13. The molecule has 5 heteroatoms. The molecular weight excluding hydrogens is 270 g/mol. The van der Waals surface area contributed by atoms with Crippen LogP contribution in [0, 0.1) is 0 Å². The number of aliphatic imine (C=N–C) groups is 1. The van der Waals surface area contributed by atoms with Crippen LogP contribution in [0.2, 0.25) is 0 Å². The second-order valence-electron chi connectivity index (χ2n) is 6.04. The van der Waals surface area contributed by atoms with Crippen molar-refractivity contribution < 1.29 is 19.1 Å². The second kappa shape index (κ2) is 5.31. The molecule has 1 atom stereocenters. The maximum atomic E-state index is 12.5. The fourth-order valence-corrected chi connectivity index (χ4v) is 2.12. The molecule has 1 aromatic rings. The van der Waals surface area contributed by atoms with Gasteiger partial charge in [-0.25, -0.2) is 14.6 Å². The van der Waals surface area contributed by atoms with Gasteiger partial charge in [0, 0.05) is 13.3 Å². The van der Waals surface area contributed by atoms with Gasteiger partial charge in [0.1, 0.15) is 5.60 Å². The van der Waals surface area contributed by atoms with Crippen molar-refractivity contribution in [2.24, 2.45) is 4.99 Å². The van der Waals surface area contributed by atoms with E-state index in [1.807, 2.05) is 30.3 Å². The largest absolute Gasteiger partial charge is 0.458 e. The molecule has 0 amide bonds. The van der Waals surface area contributed by atoms with E-state index in [4.69, 9.17) is 9.47 Å². The highest BCUT2D eigenvalue weighted by Gasteiger charge is 2.54. The molecule has 1 aromatic carbocycles. The third-order valence-corrected chi connectivity index (χ3v) is 2.97. The molecule has 1 unspecified atom stereocenters. The molecule has 0 fully saturated rings. The van der Waals surface area contributed by atoms with Gasteiger partial charge in [0.2, 0.25) is 0 Å². The van der Waals surface area contributed by atoms with Crippen LogP contribution in [0.4, 0.5) is 0 Å². The van der Waals surface area contributed by atoms with Gasteiger partial charge in [-0.15, -0.1) is 0 Å². The summed E-state index contributed by atoms with van der Waals surface area (Å²) in [5, 5.41) is 0. The lowest BCUT2D eigenvalue weighted by Gasteiger charge is -2.26. The molecule has 0 saturated carbocycles. The number of esters is 2. The lowest BCUT2D eigenvalue weighted by Crippen LogP contribution is -2.48. The van der Waals surface area contributed by atoms with Crippen LogP contribution >= 0.6 is 0 Å². The summed E-state index contributed by atoms with van der Waals surface area (Å²) in [5.41, 5.74) is -1.52. The average molecular weight is 289 g/mol. The Morgan fingerprint density at radius 3 is 2.38 bits per heavy atom. The molecule has 21 heavy (non-hydrogen) atoms. The Kier molecular flexibility index (Phi) is 3.85. The standard InChI is InChI=1S/C16H19NO4/c1-11-17-16(13(18)20-11,14(19)21-15(2,3)4)10-12-8-6-5-7-9-12/h5-9H,10H2,1-4H3. The van der Waals surface area contributed by atoms with E-state index >= 15 is 0 Å². The third-order valence-electron chi connectivity index (χ3n) is 2.97. The minimum Gasteiger partial charge on any atom is -0.458 e. The average Bonchev–Trinajstić information content (AvgIpc) is 2.64. The van der Waals surface area contributed by atoms with Gasteiger partial charge in [-0.3, -0.25) is 0 Å². The van der Waals surface area contributed by atoms with E-state index < -0.39 is 23.1 Å². The number of hydrogen-bond donors (Lipinski definition) is 0. The van der Waals surface area contributed by atoms with Gasteiger partial charge < -0.3 is 9.47 Å². The molecule has 0 aliphatic carbocycles. The summed E-state index contributed by atoms with van der Waals surface area (Å²) in [6.07, 6.45) is 0.124. The molecule has 0 aromatic heterocycles. The minimum atomic E-state index is -1.64. The highest BCUT2D eigenvalue weighted by Crippen LogP contribution is 2.29. The zero-order valence-electron chi connectivity index (χ0n) is 12.7. The number of rotatable bonds is 3. The third kappa shape index (κ3) is 3.29. The predicted molar refractivity (Wildman–Crippen MR) is 77.9 cm³/mol. The van der Waals surface area contributed by atoms with Crippen molar-refractivity contribution in [2.75, 3.05) is 0 Å². The van der Waals surface area contributed by atoms with Crippen molar-refractivity contribution >= 4 is 17.8 Å². The summed E-state index contributed by atoms with van der Waals surface area (Å²) in [6.45, 7) is 6.79. The molecular formula is C16H19NO4. The molecule has 0 spiro atoms. The van der Waals surface area contributed by atoms with Crippen molar-refractivity contribution in [3.63, 3.8) is 0 Å². The topological polar surface area (TPSA) is 65.0 Å². The summed E-state index contributed by atoms with van der Waals surface area (Å²) in [7, 11) is 0. The number of cyclic esters (lactones) is 1. The Morgan fingerprint density at radius 1 is 1.29 bits per heavy atom. The zero-order chi connectivity index (χ0) is 15.7. The Hall–Kier alpha value is -2.17. The van der Waals surface area contributed by atoms with E-state index in [1.165, 1.54) is 0 Å². The molecule has 0 saturated heterocycles. The molecule has 0 bridgehead atoms. The fourth-order valence-electron chi connectivity index (χ4n) is 2.12. The van der Waals surface area contributed by atoms with Crippen molar-refractivity contribution in [1.29, 1.82) is 0 Å². The van der Waals surface area contributed by atoms with Gasteiger partial charge in [-0.1, -0.05) is 30.3 Å². The minimum absolute atomic E-state index is 0.124. The number of hydrogen-bond acceptors (Lipinski definition) is 5. The van der Waals surface area contributed by atoms with E-state index in [2.05, 4.69) is 4.99 Å². The number of ether oxygens (including phenoxy) is 2. The lowest BCUT2D eigenvalue weighted by atomic mass is 9.91. The first kappa shape index (κ1) is 15.2. The molecule has 1 aliphatic rings. The van der Waals surface area contributed by atoms with E-state index in [0.717, 1.165) is 5.56 Å². The van der Waals surface area contributed by atoms with Crippen molar-refractivity contribution in [3.05, 3.63) is 35.9 Å². The molecule has 0 N–H and O–H groups in total. The number of benzene rings is 1. The Labute approximate surface area is 124 Å². The zero-order valence-corrected chi connectivity index (χ0v) is 12.7. The SMILES string of the molecule is CC1=NC(Cc2ccccc2)(C(=O)OC(C)(C)C)C(=O)O1. The normalized spacial score (nSPS) is 21.7. The quantitative estimate of drug-likeness (QED) is 0.632. The van der Waals surface area contributed by atoms with Crippen LogP contribution in [0.1, 0.15) is 33.3 Å². The first-order valence-corrected chi connectivity index (χ1v) is 6.79. The summed E-state index contributed by atoms with van der Waals surface area (Å²) in [6, 6.07) is 9.22. The van der Waals surface area contributed by atoms with Gasteiger partial charge >= 0.3 is 11.9 Å². The monoisotopic (exact) mass is 289 g/mol. The van der Waals surface area contributed by atoms with E-state index in [0.29, 0.717) is 0 Å². The molecule has 0 radical (unpaired) electrons. The maximum absolute atomic E-state index is 12.5. The van der Waals surface area contributed by atoms with Gasteiger partial charge in [-0.2, -0.15) is 0 Å². The Morgan fingerprint density at radius 2 is 1.90 bits per heavy atom. The smallest absolute Gasteiger partial charge is 0.352 e. The van der Waals surface area contributed by atoms with Gasteiger partial charge in [0.15, 0.2) is 5.90 Å². The summed E-state index contributed by atoms with van der Waals surface area (Å²) >= 11 is 0. The molecule has 1 aliphatic heterocycles. The maximum Gasteiger partial charge on any atom is 0.352 e. The first-order chi connectivity index (χ1) is 9.73. The number of carbonyl (C=O) groups is 2. The predicted octanol–water partition coefficient (Wildman–Crippen LogP) is 2.28. The van der Waals surface area contributed by atoms with E-state index in [-0.39, 0.29) is 12.3 Å². The highest BCUT2D eigenvalue weighted by atomic mass is 16.6. The van der Waals surface area contributed by atoms with Gasteiger partial charge in [0.05, 0.1) is 0 Å². The van der Waals surface area contributed by atoms with Crippen LogP contribution in [-0.2, 0) is 25.5 Å².